The van der Waals surface area contributed by atoms with Gasteiger partial charge in [0.1, 0.15) is 9.68 Å². The third kappa shape index (κ3) is 2.18. The van der Waals surface area contributed by atoms with Crippen LogP contribution in [0.15, 0.2) is 4.99 Å². The Morgan fingerprint density at radius 1 is 1.78 bits per heavy atom. The van der Waals surface area contributed by atoms with E-state index in [0.717, 1.165) is 6.54 Å². The standard InChI is InChI=1S/C6H14N2Si/c1-2-5-9-8-4-3-7-6-8/h6H,2-5,9H2,1H3. The van der Waals surface area contributed by atoms with Crippen LogP contribution < -0.4 is 0 Å². The number of hydrogen-bond donors (Lipinski definition) is 0. The quantitative estimate of drug-likeness (QED) is 0.516. The number of hydrogen-bond acceptors (Lipinski definition) is 2. The molecule has 0 amide bonds. The van der Waals surface area contributed by atoms with E-state index < -0.39 is 0 Å². The van der Waals surface area contributed by atoms with Gasteiger partial charge in [0.15, 0.2) is 0 Å². The smallest absolute Gasteiger partial charge is 0.125 e. The fraction of sp³-hybridized carbons (Fsp3) is 0.833. The van der Waals surface area contributed by atoms with Crippen LogP contribution in [0, 0.1) is 0 Å². The van der Waals surface area contributed by atoms with Crippen LogP contribution in [-0.2, 0) is 0 Å². The summed E-state index contributed by atoms with van der Waals surface area (Å²) in [5.41, 5.74) is 0. The molecule has 0 radical (unpaired) electrons. The summed E-state index contributed by atoms with van der Waals surface area (Å²) in [6, 6.07) is 1.44. The molecule has 0 N–H and O–H groups in total. The average Bonchev–Trinajstić information content (AvgIpc) is 2.34. The molecule has 0 spiro atoms. The topological polar surface area (TPSA) is 15.6 Å². The molecule has 0 aromatic carbocycles. The van der Waals surface area contributed by atoms with E-state index in [-0.39, 0.29) is 9.68 Å². The van der Waals surface area contributed by atoms with Crippen LogP contribution in [0.5, 0.6) is 0 Å². The number of nitrogens with zero attached hydrogens (tertiary/aromatic N) is 2. The molecule has 0 bridgehead atoms. The Hall–Kier alpha value is -0.313. The molecule has 52 valence electrons. The molecule has 9 heavy (non-hydrogen) atoms. The van der Waals surface area contributed by atoms with Crippen molar-refractivity contribution < 1.29 is 0 Å². The van der Waals surface area contributed by atoms with Crippen LogP contribution in [-0.4, -0.2) is 33.7 Å². The summed E-state index contributed by atoms with van der Waals surface area (Å²) in [7, 11) is 0.0718. The lowest BCUT2D eigenvalue weighted by Crippen LogP contribution is -2.23. The highest BCUT2D eigenvalue weighted by molar-refractivity contribution is 6.35. The summed E-state index contributed by atoms with van der Waals surface area (Å²) in [6.07, 6.45) is 3.37. The molecule has 3 heteroatoms. The first-order valence-corrected chi connectivity index (χ1v) is 5.30. The van der Waals surface area contributed by atoms with Gasteiger partial charge in [0, 0.05) is 6.54 Å². The van der Waals surface area contributed by atoms with Gasteiger partial charge >= 0.3 is 0 Å². The molecule has 0 aromatic rings. The van der Waals surface area contributed by atoms with Crippen molar-refractivity contribution in [3.05, 3.63) is 0 Å². The highest BCUT2D eigenvalue weighted by Crippen LogP contribution is 1.94. The molecule has 0 fully saturated rings. The number of rotatable bonds is 3. The van der Waals surface area contributed by atoms with Gasteiger partial charge in [-0.15, -0.1) is 0 Å². The van der Waals surface area contributed by atoms with E-state index in [0.29, 0.717) is 0 Å². The highest BCUT2D eigenvalue weighted by atomic mass is 28.2. The molecule has 1 heterocycles. The molecule has 0 aromatic heterocycles. The van der Waals surface area contributed by atoms with Crippen molar-refractivity contribution in [3.8, 4) is 0 Å². The zero-order valence-corrected chi connectivity index (χ0v) is 7.42. The predicted octanol–water partition coefficient (Wildman–Crippen LogP) is 0.242. The largest absolute Gasteiger partial charge is 0.393 e. The maximum absolute atomic E-state index is 4.15. The van der Waals surface area contributed by atoms with Gasteiger partial charge in [0.2, 0.25) is 0 Å². The second-order valence-electron chi connectivity index (χ2n) is 2.41. The van der Waals surface area contributed by atoms with E-state index in [4.69, 9.17) is 0 Å². The van der Waals surface area contributed by atoms with Gasteiger partial charge < -0.3 is 4.57 Å². The maximum atomic E-state index is 4.15. The van der Waals surface area contributed by atoms with Gasteiger partial charge in [0.05, 0.1) is 12.9 Å². The van der Waals surface area contributed by atoms with E-state index >= 15 is 0 Å². The van der Waals surface area contributed by atoms with Crippen LogP contribution in [0.25, 0.3) is 0 Å². The Labute approximate surface area is 58.9 Å². The van der Waals surface area contributed by atoms with E-state index in [1.165, 1.54) is 19.0 Å². The normalized spacial score (nSPS) is 18.6. The molecular weight excluding hydrogens is 128 g/mol. The summed E-state index contributed by atoms with van der Waals surface area (Å²) < 4.78 is 2.42. The minimum Gasteiger partial charge on any atom is -0.393 e. The summed E-state index contributed by atoms with van der Waals surface area (Å²) in [6.45, 7) is 4.49. The maximum Gasteiger partial charge on any atom is 0.125 e. The molecule has 1 aliphatic rings. The predicted molar refractivity (Wildman–Crippen MR) is 43.7 cm³/mol. The van der Waals surface area contributed by atoms with Crippen molar-refractivity contribution in [2.75, 3.05) is 13.1 Å². The van der Waals surface area contributed by atoms with Crippen LogP contribution in [0.2, 0.25) is 6.04 Å². The summed E-state index contributed by atoms with van der Waals surface area (Å²) >= 11 is 0. The van der Waals surface area contributed by atoms with Gasteiger partial charge in [-0.2, -0.15) is 0 Å². The van der Waals surface area contributed by atoms with E-state index in [1.54, 1.807) is 0 Å². The molecule has 0 saturated heterocycles. The zero-order valence-electron chi connectivity index (χ0n) is 6.01. The third-order valence-corrected chi connectivity index (χ3v) is 3.64. The molecule has 0 aliphatic carbocycles. The minimum absolute atomic E-state index is 0.0718. The van der Waals surface area contributed by atoms with Crippen LogP contribution in [0.4, 0.5) is 0 Å². The van der Waals surface area contributed by atoms with Crippen LogP contribution >= 0.6 is 0 Å². The Bertz CT molecular complexity index is 103. The summed E-state index contributed by atoms with van der Waals surface area (Å²) in [5.74, 6) is 0. The molecule has 0 unspecified atom stereocenters. The highest BCUT2D eigenvalue weighted by Gasteiger charge is 2.02. The first-order valence-electron chi connectivity index (χ1n) is 3.67. The Morgan fingerprint density at radius 2 is 2.67 bits per heavy atom. The summed E-state index contributed by atoms with van der Waals surface area (Å²) in [5, 5.41) is 0. The molecule has 2 nitrogen and oxygen atoms in total. The van der Waals surface area contributed by atoms with Gasteiger partial charge in [-0.1, -0.05) is 13.3 Å². The van der Waals surface area contributed by atoms with Crippen molar-refractivity contribution in [1.82, 2.24) is 4.57 Å². The van der Waals surface area contributed by atoms with Gasteiger partial charge in [-0.05, 0) is 6.04 Å². The fourth-order valence-electron chi connectivity index (χ4n) is 0.948. The van der Waals surface area contributed by atoms with Crippen molar-refractivity contribution in [3.63, 3.8) is 0 Å². The van der Waals surface area contributed by atoms with Crippen molar-refractivity contribution in [2.24, 2.45) is 4.99 Å². The molecule has 1 rings (SSSR count). The second-order valence-corrected chi connectivity index (χ2v) is 4.38. The second kappa shape index (κ2) is 3.66. The van der Waals surface area contributed by atoms with E-state index in [2.05, 4.69) is 16.5 Å². The average molecular weight is 142 g/mol. The summed E-state index contributed by atoms with van der Waals surface area (Å²) in [4.78, 5) is 4.15. The molecular formula is C6H14N2Si. The fourth-order valence-corrected chi connectivity index (χ4v) is 2.27. The number of aliphatic imine (C=N–C) groups is 1. The molecule has 0 atom stereocenters. The van der Waals surface area contributed by atoms with Gasteiger partial charge in [0.25, 0.3) is 0 Å². The first-order chi connectivity index (χ1) is 4.43. The minimum atomic E-state index is 0.0718. The van der Waals surface area contributed by atoms with Gasteiger partial charge in [-0.25, -0.2) is 0 Å². The van der Waals surface area contributed by atoms with Crippen molar-refractivity contribution in [1.29, 1.82) is 0 Å². The van der Waals surface area contributed by atoms with E-state index in [9.17, 15) is 0 Å². The first kappa shape index (κ1) is 6.80. The van der Waals surface area contributed by atoms with Crippen LogP contribution in [0.1, 0.15) is 13.3 Å². The van der Waals surface area contributed by atoms with Crippen molar-refractivity contribution >= 4 is 16.0 Å². The monoisotopic (exact) mass is 142 g/mol. The Balaban J connectivity index is 2.05. The van der Waals surface area contributed by atoms with Crippen molar-refractivity contribution in [2.45, 2.75) is 19.4 Å². The Morgan fingerprint density at radius 3 is 3.22 bits per heavy atom. The van der Waals surface area contributed by atoms with E-state index in [1.807, 2.05) is 6.34 Å². The lowest BCUT2D eigenvalue weighted by Gasteiger charge is -2.11. The lowest BCUT2D eigenvalue weighted by molar-refractivity contribution is 0.706. The third-order valence-electron chi connectivity index (χ3n) is 1.56. The SMILES string of the molecule is CCC[SiH2]N1C=NCC1. The molecule has 0 saturated carbocycles. The van der Waals surface area contributed by atoms with Crippen LogP contribution in [0.3, 0.4) is 0 Å². The lowest BCUT2D eigenvalue weighted by atomic mass is 10.6. The van der Waals surface area contributed by atoms with Gasteiger partial charge in [-0.3, -0.25) is 4.99 Å². The Kier molecular flexibility index (Phi) is 2.77. The zero-order chi connectivity index (χ0) is 6.53. The molecule has 1 aliphatic heterocycles.